The molecule has 0 spiro atoms. The lowest BCUT2D eigenvalue weighted by molar-refractivity contribution is 0.463. The van der Waals surface area contributed by atoms with Crippen molar-refractivity contribution in [2.24, 2.45) is 5.92 Å². The molecule has 2 aliphatic rings. The maximum absolute atomic E-state index is 3.57. The van der Waals surface area contributed by atoms with Crippen LogP contribution >= 0.6 is 0 Å². The lowest BCUT2D eigenvalue weighted by atomic mass is 9.96. The highest BCUT2D eigenvalue weighted by Crippen LogP contribution is 2.30. The number of nitrogens with zero attached hydrogens (tertiary/aromatic N) is 1. The molecule has 3 rings (SSSR count). The Morgan fingerprint density at radius 2 is 2.28 bits per heavy atom. The number of benzene rings is 1. The second kappa shape index (κ2) is 4.93. The summed E-state index contributed by atoms with van der Waals surface area (Å²) >= 11 is 0. The van der Waals surface area contributed by atoms with E-state index >= 15 is 0 Å². The molecule has 0 amide bonds. The minimum Gasteiger partial charge on any atom is -0.371 e. The second-order valence-electron chi connectivity index (χ2n) is 5.97. The van der Waals surface area contributed by atoms with E-state index in [0.717, 1.165) is 5.92 Å². The molecule has 0 bridgehead atoms. The fraction of sp³-hybridized carbons (Fsp3) is 0.625. The van der Waals surface area contributed by atoms with E-state index in [9.17, 15) is 0 Å². The predicted octanol–water partition coefficient (Wildman–Crippen LogP) is 2.75. The number of nitrogens with one attached hydrogen (secondary N) is 1. The van der Waals surface area contributed by atoms with Crippen molar-refractivity contribution in [2.45, 2.75) is 39.2 Å². The fourth-order valence-electron chi connectivity index (χ4n) is 3.44. The van der Waals surface area contributed by atoms with Crippen LogP contribution in [0.15, 0.2) is 18.2 Å². The highest BCUT2D eigenvalue weighted by Gasteiger charge is 2.26. The van der Waals surface area contributed by atoms with Gasteiger partial charge in [-0.2, -0.15) is 0 Å². The van der Waals surface area contributed by atoms with Gasteiger partial charge in [0.2, 0.25) is 0 Å². The smallest absolute Gasteiger partial charge is 0.0399 e. The zero-order chi connectivity index (χ0) is 12.5. The molecule has 2 heteroatoms. The second-order valence-corrected chi connectivity index (χ2v) is 5.97. The van der Waals surface area contributed by atoms with Gasteiger partial charge < -0.3 is 10.2 Å². The van der Waals surface area contributed by atoms with Crippen LogP contribution in [0.2, 0.25) is 0 Å². The number of hydrogen-bond acceptors (Lipinski definition) is 2. The van der Waals surface area contributed by atoms with E-state index in [1.165, 1.54) is 50.1 Å². The van der Waals surface area contributed by atoms with Gasteiger partial charge in [0, 0.05) is 24.8 Å². The van der Waals surface area contributed by atoms with Crippen LogP contribution in [0.3, 0.4) is 0 Å². The van der Waals surface area contributed by atoms with E-state index in [4.69, 9.17) is 0 Å². The first-order chi connectivity index (χ1) is 8.74. The Bertz CT molecular complexity index is 427. The molecule has 0 aliphatic carbocycles. The number of hydrogen-bond donors (Lipinski definition) is 1. The SMILES string of the molecule is Cc1ccc2c(c1)CCCN2CC1CCNC1C. The molecule has 0 saturated carbocycles. The lowest BCUT2D eigenvalue weighted by Crippen LogP contribution is -2.37. The van der Waals surface area contributed by atoms with E-state index in [2.05, 4.69) is 42.3 Å². The summed E-state index contributed by atoms with van der Waals surface area (Å²) in [6.07, 6.45) is 3.90. The summed E-state index contributed by atoms with van der Waals surface area (Å²) in [7, 11) is 0. The van der Waals surface area contributed by atoms with Gasteiger partial charge in [-0.15, -0.1) is 0 Å². The Morgan fingerprint density at radius 1 is 1.39 bits per heavy atom. The molecule has 2 aliphatic heterocycles. The molecule has 1 aromatic rings. The molecule has 2 unspecified atom stereocenters. The van der Waals surface area contributed by atoms with E-state index in [0.29, 0.717) is 6.04 Å². The summed E-state index contributed by atoms with van der Waals surface area (Å²) in [6, 6.07) is 7.64. The number of fused-ring (bicyclic) bond motifs is 1. The molecule has 2 heterocycles. The van der Waals surface area contributed by atoms with E-state index in [-0.39, 0.29) is 0 Å². The summed E-state index contributed by atoms with van der Waals surface area (Å²) in [6.45, 7) is 8.18. The van der Waals surface area contributed by atoms with Crippen LogP contribution in [0, 0.1) is 12.8 Å². The molecule has 1 N–H and O–H groups in total. The van der Waals surface area contributed by atoms with Crippen molar-refractivity contribution >= 4 is 5.69 Å². The topological polar surface area (TPSA) is 15.3 Å². The minimum absolute atomic E-state index is 0.681. The summed E-state index contributed by atoms with van der Waals surface area (Å²) in [5, 5.41) is 3.57. The third-order valence-electron chi connectivity index (χ3n) is 4.59. The normalized spacial score (nSPS) is 27.3. The van der Waals surface area contributed by atoms with Crippen LogP contribution in [0.25, 0.3) is 0 Å². The summed E-state index contributed by atoms with van der Waals surface area (Å²) in [5.74, 6) is 0.817. The molecule has 98 valence electrons. The molecule has 0 aromatic heterocycles. The van der Waals surface area contributed by atoms with Crippen molar-refractivity contribution in [2.75, 3.05) is 24.5 Å². The van der Waals surface area contributed by atoms with Crippen molar-refractivity contribution < 1.29 is 0 Å². The Morgan fingerprint density at radius 3 is 3.06 bits per heavy atom. The van der Waals surface area contributed by atoms with E-state index in [1.54, 1.807) is 5.56 Å². The van der Waals surface area contributed by atoms with Gasteiger partial charge in [-0.3, -0.25) is 0 Å². The Kier molecular flexibility index (Phi) is 3.29. The third-order valence-corrected chi connectivity index (χ3v) is 4.59. The Balaban J connectivity index is 1.78. The molecule has 2 atom stereocenters. The van der Waals surface area contributed by atoms with E-state index < -0.39 is 0 Å². The minimum atomic E-state index is 0.681. The first-order valence-electron chi connectivity index (χ1n) is 7.32. The van der Waals surface area contributed by atoms with Crippen molar-refractivity contribution in [3.8, 4) is 0 Å². The Hall–Kier alpha value is -1.02. The predicted molar refractivity (Wildman–Crippen MR) is 77.3 cm³/mol. The van der Waals surface area contributed by atoms with Gasteiger partial charge in [0.15, 0.2) is 0 Å². The first-order valence-corrected chi connectivity index (χ1v) is 7.32. The highest BCUT2D eigenvalue weighted by molar-refractivity contribution is 5.56. The number of anilines is 1. The maximum Gasteiger partial charge on any atom is 0.0399 e. The van der Waals surface area contributed by atoms with Crippen LogP contribution < -0.4 is 10.2 Å². The quantitative estimate of drug-likeness (QED) is 0.860. The third kappa shape index (κ3) is 2.26. The molecular weight excluding hydrogens is 220 g/mol. The molecule has 1 fully saturated rings. The van der Waals surface area contributed by atoms with Gasteiger partial charge in [-0.1, -0.05) is 17.7 Å². The summed E-state index contributed by atoms with van der Waals surface area (Å²) in [5.41, 5.74) is 4.44. The number of aryl methyl sites for hydroxylation is 2. The highest BCUT2D eigenvalue weighted by atomic mass is 15.1. The average molecular weight is 244 g/mol. The van der Waals surface area contributed by atoms with Crippen molar-refractivity contribution in [3.05, 3.63) is 29.3 Å². The van der Waals surface area contributed by atoms with Crippen molar-refractivity contribution in [1.82, 2.24) is 5.32 Å². The summed E-state index contributed by atoms with van der Waals surface area (Å²) in [4.78, 5) is 2.62. The lowest BCUT2D eigenvalue weighted by Gasteiger charge is -2.34. The van der Waals surface area contributed by atoms with Crippen molar-refractivity contribution in [3.63, 3.8) is 0 Å². The van der Waals surface area contributed by atoms with Crippen LogP contribution in [-0.4, -0.2) is 25.7 Å². The van der Waals surface area contributed by atoms with Crippen LogP contribution in [0.5, 0.6) is 0 Å². The summed E-state index contributed by atoms with van der Waals surface area (Å²) < 4.78 is 0. The molecule has 1 saturated heterocycles. The maximum atomic E-state index is 3.57. The fourth-order valence-corrected chi connectivity index (χ4v) is 3.44. The van der Waals surface area contributed by atoms with Gasteiger partial charge >= 0.3 is 0 Å². The van der Waals surface area contributed by atoms with Gasteiger partial charge in [0.05, 0.1) is 0 Å². The first kappa shape index (κ1) is 12.0. The van der Waals surface area contributed by atoms with E-state index in [1.807, 2.05) is 0 Å². The van der Waals surface area contributed by atoms with Gasteiger partial charge in [-0.05, 0) is 57.2 Å². The molecular formula is C16H24N2. The van der Waals surface area contributed by atoms with Gasteiger partial charge in [0.1, 0.15) is 0 Å². The van der Waals surface area contributed by atoms with Gasteiger partial charge in [0.25, 0.3) is 0 Å². The van der Waals surface area contributed by atoms with Crippen molar-refractivity contribution in [1.29, 1.82) is 0 Å². The van der Waals surface area contributed by atoms with Crippen LogP contribution in [0.1, 0.15) is 30.9 Å². The zero-order valence-electron chi connectivity index (χ0n) is 11.6. The Labute approximate surface area is 110 Å². The molecule has 0 radical (unpaired) electrons. The molecule has 2 nitrogen and oxygen atoms in total. The average Bonchev–Trinajstić information content (AvgIpc) is 2.75. The van der Waals surface area contributed by atoms with Crippen LogP contribution in [0.4, 0.5) is 5.69 Å². The molecule has 18 heavy (non-hydrogen) atoms. The zero-order valence-corrected chi connectivity index (χ0v) is 11.6. The number of rotatable bonds is 2. The monoisotopic (exact) mass is 244 g/mol. The van der Waals surface area contributed by atoms with Gasteiger partial charge in [-0.25, -0.2) is 0 Å². The molecule has 1 aromatic carbocycles. The largest absolute Gasteiger partial charge is 0.371 e. The van der Waals surface area contributed by atoms with Crippen LogP contribution in [-0.2, 0) is 6.42 Å². The standard InChI is InChI=1S/C16H24N2/c1-12-5-6-16-14(10-12)4-3-9-18(16)11-15-7-8-17-13(15)2/h5-6,10,13,15,17H,3-4,7-9,11H2,1-2H3.